The van der Waals surface area contributed by atoms with Gasteiger partial charge in [0.05, 0.1) is 18.2 Å². The Balaban J connectivity index is 1.81. The molecular formula is C16H17N3O3. The Morgan fingerprint density at radius 3 is 2.91 bits per heavy atom. The topological polar surface area (TPSA) is 71.5 Å². The molecule has 0 saturated carbocycles. The summed E-state index contributed by atoms with van der Waals surface area (Å²) in [6, 6.07) is 6.81. The van der Waals surface area contributed by atoms with E-state index in [4.69, 9.17) is 4.74 Å². The predicted molar refractivity (Wildman–Crippen MR) is 81.8 cm³/mol. The van der Waals surface area contributed by atoms with Crippen molar-refractivity contribution >= 4 is 22.7 Å². The van der Waals surface area contributed by atoms with E-state index in [1.54, 1.807) is 25.1 Å². The molecule has 0 bridgehead atoms. The molecule has 0 aliphatic carbocycles. The number of carbonyl (C=O) groups is 2. The zero-order chi connectivity index (χ0) is 15.7. The van der Waals surface area contributed by atoms with E-state index in [-0.39, 0.29) is 11.8 Å². The molecule has 1 saturated heterocycles. The van der Waals surface area contributed by atoms with E-state index in [1.165, 1.54) is 6.20 Å². The molecule has 2 heterocycles. The first-order valence-electron chi connectivity index (χ1n) is 7.08. The van der Waals surface area contributed by atoms with Crippen molar-refractivity contribution in [3.05, 3.63) is 36.0 Å². The standard InChI is InChI=1S/C16H17N3O3/c1-19-6-5-13(16(19)21)18-15(20)11-7-10-3-4-12(22-2)8-14(10)17-9-11/h3-4,7-9,13H,5-6H2,1-2H3,(H,18,20)/t13-/m0/s1. The first-order valence-corrected chi connectivity index (χ1v) is 7.08. The Kier molecular flexibility index (Phi) is 3.66. The van der Waals surface area contributed by atoms with Gasteiger partial charge < -0.3 is 15.0 Å². The van der Waals surface area contributed by atoms with Crippen molar-refractivity contribution in [2.24, 2.45) is 0 Å². The number of methoxy groups -OCH3 is 1. The summed E-state index contributed by atoms with van der Waals surface area (Å²) in [7, 11) is 3.33. The number of fused-ring (bicyclic) bond motifs is 1. The summed E-state index contributed by atoms with van der Waals surface area (Å²) < 4.78 is 5.15. The van der Waals surface area contributed by atoms with Gasteiger partial charge in [0, 0.05) is 31.2 Å². The number of rotatable bonds is 3. The van der Waals surface area contributed by atoms with E-state index in [0.717, 1.165) is 16.7 Å². The number of nitrogens with one attached hydrogen (secondary N) is 1. The van der Waals surface area contributed by atoms with Crippen LogP contribution >= 0.6 is 0 Å². The summed E-state index contributed by atoms with van der Waals surface area (Å²) in [5.41, 5.74) is 1.20. The minimum Gasteiger partial charge on any atom is -0.497 e. The monoisotopic (exact) mass is 299 g/mol. The van der Waals surface area contributed by atoms with Crippen molar-refractivity contribution in [2.45, 2.75) is 12.5 Å². The Morgan fingerprint density at radius 1 is 1.41 bits per heavy atom. The molecule has 1 N–H and O–H groups in total. The lowest BCUT2D eigenvalue weighted by Gasteiger charge is -2.12. The van der Waals surface area contributed by atoms with E-state index in [0.29, 0.717) is 18.5 Å². The van der Waals surface area contributed by atoms with Crippen molar-refractivity contribution in [3.8, 4) is 5.75 Å². The van der Waals surface area contributed by atoms with Crippen LogP contribution in [0.15, 0.2) is 30.5 Å². The second-order valence-corrected chi connectivity index (χ2v) is 5.36. The maximum absolute atomic E-state index is 12.3. The highest BCUT2D eigenvalue weighted by atomic mass is 16.5. The van der Waals surface area contributed by atoms with Gasteiger partial charge in [0.2, 0.25) is 5.91 Å². The van der Waals surface area contributed by atoms with Crippen molar-refractivity contribution in [1.29, 1.82) is 0 Å². The van der Waals surface area contributed by atoms with Crippen molar-refractivity contribution in [2.75, 3.05) is 20.7 Å². The lowest BCUT2D eigenvalue weighted by molar-refractivity contribution is -0.128. The first kappa shape index (κ1) is 14.3. The lowest BCUT2D eigenvalue weighted by Crippen LogP contribution is -2.40. The number of likely N-dealkylation sites (tertiary alicyclic amines) is 1. The molecule has 1 aromatic carbocycles. The van der Waals surface area contributed by atoms with Gasteiger partial charge in [0.15, 0.2) is 0 Å². The minimum atomic E-state index is -0.441. The molecule has 114 valence electrons. The second kappa shape index (κ2) is 5.63. The number of likely N-dealkylation sites (N-methyl/N-ethyl adjacent to an activating group) is 1. The number of pyridine rings is 1. The summed E-state index contributed by atoms with van der Waals surface area (Å²) in [5.74, 6) is 0.391. The van der Waals surface area contributed by atoms with Gasteiger partial charge >= 0.3 is 0 Å². The van der Waals surface area contributed by atoms with E-state index < -0.39 is 6.04 Å². The first-order chi connectivity index (χ1) is 10.6. The zero-order valence-corrected chi connectivity index (χ0v) is 12.5. The molecule has 3 rings (SSSR count). The van der Waals surface area contributed by atoms with Crippen molar-refractivity contribution in [1.82, 2.24) is 15.2 Å². The highest BCUT2D eigenvalue weighted by molar-refractivity contribution is 6.00. The summed E-state index contributed by atoms with van der Waals surface area (Å²) >= 11 is 0. The van der Waals surface area contributed by atoms with Crippen LogP contribution in [0.3, 0.4) is 0 Å². The van der Waals surface area contributed by atoms with E-state index >= 15 is 0 Å². The Morgan fingerprint density at radius 2 is 2.23 bits per heavy atom. The lowest BCUT2D eigenvalue weighted by atomic mass is 10.1. The summed E-state index contributed by atoms with van der Waals surface area (Å²) in [5, 5.41) is 3.62. The number of hydrogen-bond donors (Lipinski definition) is 1. The van der Waals surface area contributed by atoms with E-state index in [2.05, 4.69) is 10.3 Å². The number of amides is 2. The minimum absolute atomic E-state index is 0.0492. The molecule has 2 aromatic rings. The maximum atomic E-state index is 12.3. The third kappa shape index (κ3) is 2.59. The largest absolute Gasteiger partial charge is 0.497 e. The quantitative estimate of drug-likeness (QED) is 0.924. The molecule has 1 aromatic heterocycles. The average Bonchev–Trinajstić information content (AvgIpc) is 2.85. The molecule has 2 amide bonds. The van der Waals surface area contributed by atoms with Gasteiger partial charge in [-0.05, 0) is 24.6 Å². The molecule has 6 heteroatoms. The molecule has 0 spiro atoms. The van der Waals surface area contributed by atoms with Crippen LogP contribution in [0.25, 0.3) is 10.9 Å². The molecule has 22 heavy (non-hydrogen) atoms. The van der Waals surface area contributed by atoms with Gasteiger partial charge in [-0.1, -0.05) is 0 Å². The van der Waals surface area contributed by atoms with Crippen LogP contribution in [0, 0.1) is 0 Å². The van der Waals surface area contributed by atoms with Crippen LogP contribution < -0.4 is 10.1 Å². The molecular weight excluding hydrogens is 282 g/mol. The fraction of sp³-hybridized carbons (Fsp3) is 0.312. The van der Waals surface area contributed by atoms with Crippen LogP contribution in [-0.2, 0) is 4.79 Å². The third-order valence-corrected chi connectivity index (χ3v) is 3.89. The van der Waals surface area contributed by atoms with Gasteiger partial charge in [-0.15, -0.1) is 0 Å². The van der Waals surface area contributed by atoms with Crippen LogP contribution in [0.4, 0.5) is 0 Å². The zero-order valence-electron chi connectivity index (χ0n) is 12.5. The van der Waals surface area contributed by atoms with Crippen LogP contribution in [0.2, 0.25) is 0 Å². The maximum Gasteiger partial charge on any atom is 0.253 e. The highest BCUT2D eigenvalue weighted by Crippen LogP contribution is 2.20. The predicted octanol–water partition coefficient (Wildman–Crippen LogP) is 1.20. The Labute approximate surface area is 128 Å². The number of benzene rings is 1. The summed E-state index contributed by atoms with van der Waals surface area (Å²) in [6.07, 6.45) is 2.15. The number of nitrogens with zero attached hydrogens (tertiary/aromatic N) is 2. The van der Waals surface area contributed by atoms with Crippen LogP contribution in [0.1, 0.15) is 16.8 Å². The van der Waals surface area contributed by atoms with E-state index in [1.807, 2.05) is 18.2 Å². The third-order valence-electron chi connectivity index (χ3n) is 3.89. The van der Waals surface area contributed by atoms with Gasteiger partial charge in [0.1, 0.15) is 11.8 Å². The molecule has 1 atom stereocenters. The number of hydrogen-bond acceptors (Lipinski definition) is 4. The highest BCUT2D eigenvalue weighted by Gasteiger charge is 2.30. The van der Waals surface area contributed by atoms with Crippen LogP contribution in [-0.4, -0.2) is 48.4 Å². The normalized spacial score (nSPS) is 17.8. The molecule has 0 radical (unpaired) electrons. The smallest absolute Gasteiger partial charge is 0.253 e. The van der Waals surface area contributed by atoms with Crippen molar-refractivity contribution < 1.29 is 14.3 Å². The average molecular weight is 299 g/mol. The molecule has 6 nitrogen and oxygen atoms in total. The second-order valence-electron chi connectivity index (χ2n) is 5.36. The number of carbonyl (C=O) groups excluding carboxylic acids is 2. The van der Waals surface area contributed by atoms with Gasteiger partial charge in [-0.25, -0.2) is 0 Å². The van der Waals surface area contributed by atoms with Gasteiger partial charge in [-0.3, -0.25) is 14.6 Å². The summed E-state index contributed by atoms with van der Waals surface area (Å²) in [4.78, 5) is 30.0. The van der Waals surface area contributed by atoms with Gasteiger partial charge in [0.25, 0.3) is 5.91 Å². The SMILES string of the molecule is COc1ccc2cc(C(=O)N[C@H]3CCN(C)C3=O)cnc2c1. The van der Waals surface area contributed by atoms with Gasteiger partial charge in [-0.2, -0.15) is 0 Å². The number of aromatic nitrogens is 1. The van der Waals surface area contributed by atoms with Crippen LogP contribution in [0.5, 0.6) is 5.75 Å². The van der Waals surface area contributed by atoms with Crippen molar-refractivity contribution in [3.63, 3.8) is 0 Å². The molecule has 1 fully saturated rings. The Bertz CT molecular complexity index is 744. The number of ether oxygens (including phenoxy) is 1. The molecule has 0 unspecified atom stereocenters. The van der Waals surface area contributed by atoms with E-state index in [9.17, 15) is 9.59 Å². The summed E-state index contributed by atoms with van der Waals surface area (Å²) in [6.45, 7) is 0.666. The fourth-order valence-corrected chi connectivity index (χ4v) is 2.55. The Hall–Kier alpha value is -2.63. The molecule has 1 aliphatic rings. The molecule has 1 aliphatic heterocycles. The fourth-order valence-electron chi connectivity index (χ4n) is 2.55.